The summed E-state index contributed by atoms with van der Waals surface area (Å²) in [7, 11) is 0. The fraction of sp³-hybridized carbons (Fsp3) is 0. The first-order valence-electron chi connectivity index (χ1n) is 3.95. The maximum absolute atomic E-state index is 10.8. The van der Waals surface area contributed by atoms with Gasteiger partial charge in [0.2, 0.25) is 0 Å². The maximum atomic E-state index is 10.8. The van der Waals surface area contributed by atoms with Crippen molar-refractivity contribution in [1.29, 1.82) is 0 Å². The van der Waals surface area contributed by atoms with Crippen molar-refractivity contribution in [2.45, 2.75) is 0 Å². The van der Waals surface area contributed by atoms with Crippen molar-refractivity contribution in [3.05, 3.63) is 40.6 Å². The number of aromatic carboxylic acids is 1. The number of benzene rings is 1. The minimum Gasteiger partial charge on any atom is -0.543 e. The van der Waals surface area contributed by atoms with E-state index in [1.54, 1.807) is 12.1 Å². The second-order valence-corrected chi connectivity index (χ2v) is 3.64. The molecule has 5 heteroatoms. The molecule has 0 aliphatic carbocycles. The average Bonchev–Trinajstić information content (AvgIpc) is 2.17. The predicted molar refractivity (Wildman–Crippen MR) is 53.8 cm³/mol. The van der Waals surface area contributed by atoms with Crippen molar-refractivity contribution in [3.63, 3.8) is 0 Å². The summed E-state index contributed by atoms with van der Waals surface area (Å²) in [5.41, 5.74) is -0.0324. The first kappa shape index (κ1) is 12.6. The molecule has 3 nitrogen and oxygen atoms in total. The van der Waals surface area contributed by atoms with E-state index in [0.29, 0.717) is 9.86 Å². The van der Waals surface area contributed by atoms with E-state index in [1.807, 2.05) is 12.1 Å². The molecule has 0 unspecified atom stereocenters. The number of carboxylic acid groups (broad SMARTS) is 1. The second kappa shape index (κ2) is 5.07. The quantitative estimate of drug-likeness (QED) is 0.586. The van der Waals surface area contributed by atoms with Crippen LogP contribution in [-0.2, 0) is 0 Å². The van der Waals surface area contributed by atoms with Crippen LogP contribution in [0.25, 0.3) is 10.8 Å². The molecule has 1 aromatic heterocycles. The van der Waals surface area contributed by atoms with Gasteiger partial charge in [-0.3, -0.25) is 4.98 Å². The summed E-state index contributed by atoms with van der Waals surface area (Å²) in [6.07, 6.45) is 1.46. The van der Waals surface area contributed by atoms with Crippen molar-refractivity contribution in [1.82, 2.24) is 4.98 Å². The molecule has 0 saturated carbocycles. The molecular formula is C10H5BrNNaO2. The maximum Gasteiger partial charge on any atom is 1.00 e. The van der Waals surface area contributed by atoms with E-state index in [9.17, 15) is 9.90 Å². The number of carbonyl (C=O) groups is 1. The first-order valence-corrected chi connectivity index (χ1v) is 4.74. The zero-order valence-electron chi connectivity index (χ0n) is 8.03. The zero-order chi connectivity index (χ0) is 10.1. The Labute approximate surface area is 117 Å². The van der Waals surface area contributed by atoms with Crippen LogP contribution in [0.1, 0.15) is 10.5 Å². The van der Waals surface area contributed by atoms with Crippen LogP contribution >= 0.6 is 15.9 Å². The molecule has 2 rings (SSSR count). The number of rotatable bonds is 1. The summed E-state index contributed by atoms with van der Waals surface area (Å²) in [4.78, 5) is 14.5. The number of hydrogen-bond acceptors (Lipinski definition) is 3. The Hall–Kier alpha value is -0.420. The molecule has 1 aromatic carbocycles. The van der Waals surface area contributed by atoms with Gasteiger partial charge < -0.3 is 9.90 Å². The van der Waals surface area contributed by atoms with Crippen LogP contribution in [-0.4, -0.2) is 11.0 Å². The molecule has 0 aliphatic heterocycles. The van der Waals surface area contributed by atoms with Crippen LogP contribution in [0.3, 0.4) is 0 Å². The van der Waals surface area contributed by atoms with Gasteiger partial charge >= 0.3 is 29.6 Å². The third-order valence-electron chi connectivity index (χ3n) is 1.93. The topological polar surface area (TPSA) is 53.0 Å². The normalized spacial score (nSPS) is 9.67. The molecule has 70 valence electrons. The molecule has 0 atom stereocenters. The molecule has 0 aliphatic rings. The second-order valence-electron chi connectivity index (χ2n) is 2.78. The minimum absolute atomic E-state index is 0. The van der Waals surface area contributed by atoms with Crippen molar-refractivity contribution in [3.8, 4) is 0 Å². The van der Waals surface area contributed by atoms with Gasteiger partial charge in [0.15, 0.2) is 0 Å². The fourth-order valence-corrected chi connectivity index (χ4v) is 1.91. The Bertz CT molecular complexity index is 510. The number of nitrogens with zero attached hydrogens (tertiary/aromatic N) is 1. The fourth-order valence-electron chi connectivity index (χ4n) is 1.34. The van der Waals surface area contributed by atoms with E-state index in [-0.39, 0.29) is 35.3 Å². The van der Waals surface area contributed by atoms with Gasteiger partial charge in [0, 0.05) is 16.1 Å². The predicted octanol–water partition coefficient (Wildman–Crippen LogP) is -1.64. The van der Waals surface area contributed by atoms with E-state index >= 15 is 0 Å². The van der Waals surface area contributed by atoms with Crippen LogP contribution in [0.15, 0.2) is 34.9 Å². The molecule has 0 N–H and O–H groups in total. The first-order chi connectivity index (χ1) is 6.70. The Morgan fingerprint density at radius 3 is 2.73 bits per heavy atom. The van der Waals surface area contributed by atoms with Gasteiger partial charge in [0.25, 0.3) is 0 Å². The molecule has 0 saturated heterocycles. The Morgan fingerprint density at radius 1 is 1.33 bits per heavy atom. The number of halogens is 1. The average molecular weight is 274 g/mol. The third kappa shape index (κ3) is 2.39. The molecule has 0 bridgehead atoms. The van der Waals surface area contributed by atoms with Crippen molar-refractivity contribution < 1.29 is 39.5 Å². The largest absolute Gasteiger partial charge is 1.00 e. The smallest absolute Gasteiger partial charge is 0.543 e. The van der Waals surface area contributed by atoms with Crippen LogP contribution < -0.4 is 34.7 Å². The third-order valence-corrected chi connectivity index (χ3v) is 2.59. The Kier molecular flexibility index (Phi) is 4.28. The zero-order valence-corrected chi connectivity index (χ0v) is 11.6. The molecule has 0 spiro atoms. The van der Waals surface area contributed by atoms with Crippen molar-refractivity contribution in [2.75, 3.05) is 0 Å². The van der Waals surface area contributed by atoms with Gasteiger partial charge in [-0.1, -0.05) is 28.1 Å². The number of carbonyl (C=O) groups excluding carboxylic acids is 1. The molecule has 15 heavy (non-hydrogen) atoms. The number of aromatic nitrogens is 1. The SMILES string of the molecule is O=C([O-])c1nccc2cccc(Br)c12.[Na+]. The summed E-state index contributed by atoms with van der Waals surface area (Å²) < 4.78 is 0.710. The molecule has 0 amide bonds. The molecule has 1 heterocycles. The van der Waals surface area contributed by atoms with Crippen LogP contribution in [0.5, 0.6) is 0 Å². The van der Waals surface area contributed by atoms with E-state index in [2.05, 4.69) is 20.9 Å². The van der Waals surface area contributed by atoms with Gasteiger partial charge in [-0.05, 0) is 17.5 Å². The summed E-state index contributed by atoms with van der Waals surface area (Å²) in [5, 5.41) is 12.2. The number of carboxylic acids is 1. The molecular weight excluding hydrogens is 269 g/mol. The minimum atomic E-state index is -1.26. The van der Waals surface area contributed by atoms with E-state index in [4.69, 9.17) is 0 Å². The van der Waals surface area contributed by atoms with E-state index < -0.39 is 5.97 Å². The number of hydrogen-bond donors (Lipinski definition) is 0. The van der Waals surface area contributed by atoms with E-state index in [0.717, 1.165) is 5.39 Å². The van der Waals surface area contributed by atoms with Crippen LogP contribution in [0.4, 0.5) is 0 Å². The van der Waals surface area contributed by atoms with Crippen LogP contribution in [0, 0.1) is 0 Å². The van der Waals surface area contributed by atoms with E-state index in [1.165, 1.54) is 6.20 Å². The molecule has 2 aromatic rings. The molecule has 0 radical (unpaired) electrons. The Morgan fingerprint density at radius 2 is 2.07 bits per heavy atom. The van der Waals surface area contributed by atoms with Crippen molar-refractivity contribution >= 4 is 32.7 Å². The standard InChI is InChI=1S/C10H6BrNO2.Na/c11-7-3-1-2-6-4-5-12-9(8(6)7)10(13)14;/h1-5H,(H,13,14);/q;+1/p-1. The van der Waals surface area contributed by atoms with Gasteiger partial charge in [-0.25, -0.2) is 0 Å². The van der Waals surface area contributed by atoms with Gasteiger partial charge in [0.1, 0.15) is 0 Å². The van der Waals surface area contributed by atoms with Gasteiger partial charge in [-0.15, -0.1) is 0 Å². The molecule has 0 fully saturated rings. The Balaban J connectivity index is 0.00000112. The summed E-state index contributed by atoms with van der Waals surface area (Å²) in [6, 6.07) is 7.20. The monoisotopic (exact) mass is 273 g/mol. The summed E-state index contributed by atoms with van der Waals surface area (Å²) in [5.74, 6) is -1.26. The van der Waals surface area contributed by atoms with Gasteiger partial charge in [0.05, 0.1) is 11.7 Å². The van der Waals surface area contributed by atoms with Gasteiger partial charge in [-0.2, -0.15) is 0 Å². The summed E-state index contributed by atoms with van der Waals surface area (Å²) in [6.45, 7) is 0. The summed E-state index contributed by atoms with van der Waals surface area (Å²) >= 11 is 3.28. The number of fused-ring (bicyclic) bond motifs is 1. The van der Waals surface area contributed by atoms with Crippen molar-refractivity contribution in [2.24, 2.45) is 0 Å². The van der Waals surface area contributed by atoms with Crippen LogP contribution in [0.2, 0.25) is 0 Å². The number of pyridine rings is 1.